The molecule has 3 aromatic rings. The summed E-state index contributed by atoms with van der Waals surface area (Å²) in [6.07, 6.45) is 3.59. The van der Waals surface area contributed by atoms with E-state index in [4.69, 9.17) is 14.5 Å². The molecule has 0 atom stereocenters. The number of nitrogens with zero attached hydrogens (tertiary/aromatic N) is 4. The summed E-state index contributed by atoms with van der Waals surface area (Å²) in [6.45, 7) is 4.94. The zero-order valence-electron chi connectivity index (χ0n) is 16.1. The second-order valence-corrected chi connectivity index (χ2v) is 7.51. The van der Waals surface area contributed by atoms with Crippen LogP contribution in [0, 0.1) is 0 Å². The number of thiazole rings is 1. The van der Waals surface area contributed by atoms with Crippen molar-refractivity contribution in [2.75, 3.05) is 45.3 Å². The summed E-state index contributed by atoms with van der Waals surface area (Å²) in [4.78, 5) is 17.3. The van der Waals surface area contributed by atoms with Gasteiger partial charge in [0.2, 0.25) is 5.95 Å². The molecule has 28 heavy (non-hydrogen) atoms. The number of hydrogen-bond donors (Lipinski definition) is 1. The van der Waals surface area contributed by atoms with Crippen molar-refractivity contribution in [3.63, 3.8) is 0 Å². The molecule has 0 bridgehead atoms. The summed E-state index contributed by atoms with van der Waals surface area (Å²) in [7, 11) is 3.31. The predicted molar refractivity (Wildman–Crippen MR) is 109 cm³/mol. The fourth-order valence-electron chi connectivity index (χ4n) is 3.48. The maximum atomic E-state index is 5.55. The first-order valence-electron chi connectivity index (χ1n) is 9.30. The van der Waals surface area contributed by atoms with E-state index in [2.05, 4.69) is 20.2 Å². The van der Waals surface area contributed by atoms with Gasteiger partial charge in [0.1, 0.15) is 17.2 Å². The normalized spacial score (nSPS) is 14.9. The first-order chi connectivity index (χ1) is 13.8. The van der Waals surface area contributed by atoms with Gasteiger partial charge in [0.15, 0.2) is 11.5 Å². The Labute approximate surface area is 168 Å². The summed E-state index contributed by atoms with van der Waals surface area (Å²) >= 11 is 1.65. The van der Waals surface area contributed by atoms with Crippen LogP contribution in [-0.2, 0) is 6.54 Å². The highest BCUT2D eigenvalue weighted by Gasteiger charge is 2.23. The molecule has 1 aliphatic heterocycles. The molecule has 0 radical (unpaired) electrons. The standard InChI is InChI=1S/C20H23N5O2S/c1-26-17-6-3-5-16(18(17)27-2)19-23-15(14-28-19)13-24-9-11-25(12-10-24)20-21-7-4-8-22-20/h3-8,14H,9-13H2,1-2H3/p+1. The van der Waals surface area contributed by atoms with E-state index in [1.54, 1.807) is 38.0 Å². The Morgan fingerprint density at radius 3 is 2.57 bits per heavy atom. The monoisotopic (exact) mass is 398 g/mol. The third-order valence-corrected chi connectivity index (χ3v) is 5.85. The largest absolute Gasteiger partial charge is 0.493 e. The van der Waals surface area contributed by atoms with E-state index in [-0.39, 0.29) is 0 Å². The number of aromatic nitrogens is 3. The van der Waals surface area contributed by atoms with Crippen LogP contribution in [0.5, 0.6) is 11.5 Å². The van der Waals surface area contributed by atoms with Gasteiger partial charge in [-0.05, 0) is 18.2 Å². The summed E-state index contributed by atoms with van der Waals surface area (Å²) < 4.78 is 11.0. The van der Waals surface area contributed by atoms with Crippen molar-refractivity contribution in [1.82, 2.24) is 15.0 Å². The van der Waals surface area contributed by atoms with Crippen LogP contribution in [0.3, 0.4) is 0 Å². The van der Waals surface area contributed by atoms with Gasteiger partial charge >= 0.3 is 0 Å². The molecule has 7 nitrogen and oxygen atoms in total. The molecule has 0 amide bonds. The van der Waals surface area contributed by atoms with Crippen LogP contribution in [0.2, 0.25) is 0 Å². The van der Waals surface area contributed by atoms with E-state index >= 15 is 0 Å². The first-order valence-corrected chi connectivity index (χ1v) is 10.2. The van der Waals surface area contributed by atoms with Gasteiger partial charge in [-0.15, -0.1) is 11.3 Å². The molecular weight excluding hydrogens is 374 g/mol. The predicted octanol–water partition coefficient (Wildman–Crippen LogP) is 1.52. The minimum Gasteiger partial charge on any atom is -0.493 e. The van der Waals surface area contributed by atoms with Crippen molar-refractivity contribution >= 4 is 17.3 Å². The smallest absolute Gasteiger partial charge is 0.225 e. The fraction of sp³-hybridized carbons (Fsp3) is 0.350. The van der Waals surface area contributed by atoms with Crippen molar-refractivity contribution in [2.24, 2.45) is 0 Å². The van der Waals surface area contributed by atoms with Crippen molar-refractivity contribution in [1.29, 1.82) is 0 Å². The van der Waals surface area contributed by atoms with Crippen LogP contribution in [0.25, 0.3) is 10.6 Å². The molecule has 0 unspecified atom stereocenters. The average Bonchev–Trinajstić information content (AvgIpc) is 3.22. The molecule has 8 heteroatoms. The number of benzene rings is 1. The lowest BCUT2D eigenvalue weighted by molar-refractivity contribution is -0.914. The molecule has 3 heterocycles. The lowest BCUT2D eigenvalue weighted by Crippen LogP contribution is -3.13. The van der Waals surface area contributed by atoms with Crippen LogP contribution < -0.4 is 19.3 Å². The Morgan fingerprint density at radius 2 is 1.86 bits per heavy atom. The number of ether oxygens (including phenoxy) is 2. The highest BCUT2D eigenvalue weighted by molar-refractivity contribution is 7.13. The molecule has 146 valence electrons. The molecule has 4 rings (SSSR count). The molecule has 1 aromatic carbocycles. The number of rotatable bonds is 6. The lowest BCUT2D eigenvalue weighted by Gasteiger charge is -2.31. The second-order valence-electron chi connectivity index (χ2n) is 6.65. The maximum absolute atomic E-state index is 5.55. The van der Waals surface area contributed by atoms with Crippen molar-refractivity contribution in [3.8, 4) is 22.1 Å². The minimum atomic E-state index is 0.724. The van der Waals surface area contributed by atoms with Crippen LogP contribution in [0.4, 0.5) is 5.95 Å². The molecule has 1 N–H and O–H groups in total. The summed E-state index contributed by atoms with van der Waals surface area (Å²) in [6, 6.07) is 7.74. The quantitative estimate of drug-likeness (QED) is 0.679. The maximum Gasteiger partial charge on any atom is 0.225 e. The van der Waals surface area contributed by atoms with Crippen molar-refractivity contribution < 1.29 is 14.4 Å². The number of methoxy groups -OCH3 is 2. The van der Waals surface area contributed by atoms with E-state index in [9.17, 15) is 0 Å². The number of piperazine rings is 1. The Hall–Kier alpha value is -2.71. The highest BCUT2D eigenvalue weighted by atomic mass is 32.1. The topological polar surface area (TPSA) is 64.8 Å². The van der Waals surface area contributed by atoms with Gasteiger partial charge in [0, 0.05) is 17.8 Å². The van der Waals surface area contributed by atoms with Gasteiger partial charge in [-0.1, -0.05) is 6.07 Å². The molecule has 2 aromatic heterocycles. The fourth-order valence-corrected chi connectivity index (χ4v) is 4.32. The third-order valence-electron chi connectivity index (χ3n) is 4.92. The highest BCUT2D eigenvalue weighted by Crippen LogP contribution is 2.38. The molecule has 1 fully saturated rings. The van der Waals surface area contributed by atoms with Gasteiger partial charge < -0.3 is 19.3 Å². The molecule has 0 spiro atoms. The van der Waals surface area contributed by atoms with Crippen molar-refractivity contribution in [3.05, 3.63) is 47.7 Å². The summed E-state index contributed by atoms with van der Waals surface area (Å²) in [5.74, 6) is 2.28. The van der Waals surface area contributed by atoms with E-state index in [0.717, 1.165) is 66.4 Å². The number of hydrogen-bond acceptors (Lipinski definition) is 7. The van der Waals surface area contributed by atoms with Crippen molar-refractivity contribution in [2.45, 2.75) is 6.54 Å². The van der Waals surface area contributed by atoms with Gasteiger partial charge in [-0.3, -0.25) is 0 Å². The zero-order chi connectivity index (χ0) is 19.3. The zero-order valence-corrected chi connectivity index (χ0v) is 16.9. The Bertz CT molecular complexity index is 910. The molecule has 1 saturated heterocycles. The summed E-state index contributed by atoms with van der Waals surface area (Å²) in [5, 5.41) is 3.11. The van der Waals surface area contributed by atoms with Gasteiger partial charge in [-0.2, -0.15) is 0 Å². The van der Waals surface area contributed by atoms with Gasteiger partial charge in [0.05, 0.1) is 46.0 Å². The number of para-hydroxylation sites is 1. The second kappa shape index (κ2) is 8.53. The van der Waals surface area contributed by atoms with E-state index in [1.165, 1.54) is 4.90 Å². The molecule has 0 saturated carbocycles. The van der Waals surface area contributed by atoms with Gasteiger partial charge in [0.25, 0.3) is 0 Å². The Morgan fingerprint density at radius 1 is 1.07 bits per heavy atom. The number of nitrogens with one attached hydrogen (secondary N) is 1. The van der Waals surface area contributed by atoms with Crippen LogP contribution in [-0.4, -0.2) is 55.4 Å². The molecular formula is C20H24N5O2S+. The minimum absolute atomic E-state index is 0.724. The first kappa shape index (κ1) is 18.6. The molecule has 1 aliphatic rings. The summed E-state index contributed by atoms with van der Waals surface area (Å²) in [5.41, 5.74) is 2.09. The van der Waals surface area contributed by atoms with Crippen LogP contribution in [0.15, 0.2) is 42.0 Å². The van der Waals surface area contributed by atoms with E-state index < -0.39 is 0 Å². The third kappa shape index (κ3) is 3.93. The SMILES string of the molecule is COc1cccc(-c2nc(C[NH+]3CCN(c4ncccn4)CC3)cs2)c1OC. The lowest BCUT2D eigenvalue weighted by atomic mass is 10.2. The number of quaternary nitrogens is 1. The van der Waals surface area contributed by atoms with Gasteiger partial charge in [-0.25, -0.2) is 15.0 Å². The molecule has 0 aliphatic carbocycles. The Balaban J connectivity index is 1.41. The number of anilines is 1. The average molecular weight is 399 g/mol. The van der Waals surface area contributed by atoms with E-state index in [1.807, 2.05) is 24.3 Å². The van der Waals surface area contributed by atoms with Crippen LogP contribution in [0.1, 0.15) is 5.69 Å². The Kier molecular flexibility index (Phi) is 5.68. The van der Waals surface area contributed by atoms with Crippen LogP contribution >= 0.6 is 11.3 Å². The van der Waals surface area contributed by atoms with E-state index in [0.29, 0.717) is 0 Å².